The minimum absolute atomic E-state index is 0. The number of nitrogens with one attached hydrogen (secondary N) is 1. The minimum Gasteiger partial charge on any atom is -0.317 e. The second-order valence-electron chi connectivity index (χ2n) is 6.92. The number of carbonyl (C=O) groups is 1. The molecular weight excluding hydrogens is 496 g/mol. The van der Waals surface area contributed by atoms with E-state index in [2.05, 4.69) is 26.1 Å². The molecule has 0 aromatic heterocycles. The molecule has 1 rings (SSSR count). The first-order chi connectivity index (χ1) is 8.90. The Morgan fingerprint density at radius 2 is 1.85 bits per heavy atom. The Morgan fingerprint density at radius 3 is 2.40 bits per heavy atom. The Morgan fingerprint density at radius 1 is 1.20 bits per heavy atom. The van der Waals surface area contributed by atoms with Gasteiger partial charge in [-0.05, 0) is 12.3 Å². The predicted molar refractivity (Wildman–Crippen MR) is 82.0 cm³/mol. The molecule has 0 amide bonds. The van der Waals surface area contributed by atoms with E-state index in [-0.39, 0.29) is 12.0 Å². The van der Waals surface area contributed by atoms with Gasteiger partial charge in [-0.15, -0.1) is 0 Å². The fourth-order valence-corrected chi connectivity index (χ4v) is 3.05. The third-order valence-electron chi connectivity index (χ3n) is 4.21. The topological polar surface area (TPSA) is 29.1 Å². The van der Waals surface area contributed by atoms with Gasteiger partial charge in [0.25, 0.3) is 0 Å². The van der Waals surface area contributed by atoms with Gasteiger partial charge < -0.3 is 11.2 Å². The van der Waals surface area contributed by atoms with E-state index in [0.717, 1.165) is 12.3 Å². The number of Topliss-reactive ketones (excluding diaryl/α,β-unsaturated/α-hetero) is 1. The van der Waals surface area contributed by atoms with Gasteiger partial charge in [0, 0.05) is 12.0 Å². The largest absolute Gasteiger partial charge is 0.317 e. The number of ketones is 1. The molecule has 0 saturated heterocycles. The summed E-state index contributed by atoms with van der Waals surface area (Å²) in [5.74, 6) is 2.89. The van der Waals surface area contributed by atoms with Crippen molar-refractivity contribution >= 4 is 5.78 Å². The molecule has 127 valence electrons. The van der Waals surface area contributed by atoms with Crippen LogP contribution in [-0.2, 0) is 4.79 Å². The molecule has 3 heteroatoms. The summed E-state index contributed by atoms with van der Waals surface area (Å²) in [6.45, 7) is 10.6. The van der Waals surface area contributed by atoms with E-state index in [9.17, 15) is 4.79 Å². The first kappa shape index (κ1) is 18.6. The van der Waals surface area contributed by atoms with Crippen molar-refractivity contribution in [3.05, 3.63) is 5.92 Å². The maximum Gasteiger partial charge on any atom is 0.152 e. The molecule has 1 radical (unpaired) electrons. The van der Waals surface area contributed by atoms with Crippen LogP contribution >= 0.6 is 0 Å². The number of hydrogen-bond acceptors (Lipinski definition) is 2. The Labute approximate surface area is 119 Å². The van der Waals surface area contributed by atoms with Crippen LogP contribution in [0.1, 0.15) is 73.1 Å². The maximum absolute atomic E-state index is 12.3. The second-order valence-corrected chi connectivity index (χ2v) is 6.92. The summed E-state index contributed by atoms with van der Waals surface area (Å²) in [4.78, 5) is 12.3. The van der Waals surface area contributed by atoms with E-state index < -0.39 is 0 Å². The van der Waals surface area contributed by atoms with Gasteiger partial charge in [0.1, 0.15) is 0 Å². The van der Waals surface area contributed by atoms with Gasteiger partial charge in [-0.3, -0.25) is 4.79 Å². The molecule has 1 N–H and O–H groups in total. The van der Waals surface area contributed by atoms with Gasteiger partial charge in [-0.25, -0.2) is 0 Å². The van der Waals surface area contributed by atoms with Crippen molar-refractivity contribution in [2.24, 2.45) is 11.8 Å². The van der Waals surface area contributed by atoms with E-state index in [1.807, 2.05) is 13.8 Å². The third-order valence-corrected chi connectivity index (χ3v) is 4.21. The van der Waals surface area contributed by atoms with Crippen molar-refractivity contribution < 1.29 is 4.79 Å². The molecule has 0 aliphatic heterocycles. The molecule has 2 atom stereocenters. The van der Waals surface area contributed by atoms with E-state index in [1.165, 1.54) is 32.1 Å². The van der Waals surface area contributed by atoms with Gasteiger partial charge in [0.05, 0.1) is 6.04 Å². The van der Waals surface area contributed by atoms with Crippen LogP contribution in [0.5, 0.6) is 0 Å². The zero-order valence-corrected chi connectivity index (χ0v) is 15.9. The molecule has 2 nitrogen and oxygen atoms in total. The first-order valence-corrected chi connectivity index (χ1v) is 8.01. The normalized spacial score (nSPS) is 22.4. The molecule has 0 heterocycles. The monoisotopic (exact) mass is 528 g/mol. The minimum atomic E-state index is 0. The van der Waals surface area contributed by atoms with Crippen LogP contribution in [-0.4, -0.2) is 17.9 Å². The first-order valence-electron chi connectivity index (χ1n) is 8.01. The summed E-state index contributed by atoms with van der Waals surface area (Å²) in [6, 6.07) is 0.440. The van der Waals surface area contributed by atoms with Crippen LogP contribution in [0.15, 0.2) is 0 Å². The van der Waals surface area contributed by atoms with Crippen molar-refractivity contribution in [3.8, 4) is 0 Å². The SMILES string of the molecule is C[C-]1CCCC(CC(NC(C)C)C(=O)C(C)C)CC1.[Lr]. The van der Waals surface area contributed by atoms with Crippen molar-refractivity contribution in [1.29, 1.82) is 0 Å². The van der Waals surface area contributed by atoms with E-state index in [1.54, 1.807) is 5.92 Å². The Bertz CT molecular complexity index is 278. The van der Waals surface area contributed by atoms with E-state index in [4.69, 9.17) is 0 Å². The number of hydrogen-bond donors (Lipinski definition) is 1. The third kappa shape index (κ3) is 6.18. The Kier molecular flexibility index (Phi) is 8.13. The molecule has 0 aromatic rings. The van der Waals surface area contributed by atoms with Crippen molar-refractivity contribution in [2.45, 2.75) is 85.2 Å². The average molecular weight is 528 g/mol. The van der Waals surface area contributed by atoms with Crippen LogP contribution in [0.3, 0.4) is 0 Å². The predicted octanol–water partition coefficient (Wildman–Crippen LogP) is 4.14. The average Bonchev–Trinajstić information content (AvgIpc) is 2.52. The smallest absolute Gasteiger partial charge is 0.152 e. The van der Waals surface area contributed by atoms with Crippen molar-refractivity contribution in [3.63, 3.8) is 0 Å². The molecule has 2 unspecified atom stereocenters. The number of carbonyl (C=O) groups excluding carboxylic acids is 1. The molecule has 1 fully saturated rings. The van der Waals surface area contributed by atoms with E-state index in [0.29, 0.717) is 11.8 Å². The molecule has 20 heavy (non-hydrogen) atoms. The fraction of sp³-hybridized carbons (Fsp3) is 0.882. The summed E-state index contributed by atoms with van der Waals surface area (Å²) in [5.41, 5.74) is 0. The van der Waals surface area contributed by atoms with Crippen molar-refractivity contribution in [2.75, 3.05) is 0 Å². The maximum atomic E-state index is 12.3. The summed E-state index contributed by atoms with van der Waals surface area (Å²) in [7, 11) is 0. The molecular formula is C17H32LrNO-. The summed E-state index contributed by atoms with van der Waals surface area (Å²) >= 11 is 0. The van der Waals surface area contributed by atoms with Gasteiger partial charge >= 0.3 is 0 Å². The zero-order chi connectivity index (χ0) is 14.4. The van der Waals surface area contributed by atoms with Crippen LogP contribution in [0, 0.1) is 17.8 Å². The molecule has 0 bridgehead atoms. The molecule has 0 spiro atoms. The molecule has 1 saturated carbocycles. The van der Waals surface area contributed by atoms with Crippen LogP contribution in [0.4, 0.5) is 0 Å². The zero-order valence-electron chi connectivity index (χ0n) is 13.7. The van der Waals surface area contributed by atoms with Gasteiger partial charge in [-0.2, -0.15) is 19.8 Å². The Balaban J connectivity index is 0.00000361. The fourth-order valence-electron chi connectivity index (χ4n) is 3.05. The van der Waals surface area contributed by atoms with Crippen LogP contribution < -0.4 is 5.32 Å². The van der Waals surface area contributed by atoms with Gasteiger partial charge in [0.2, 0.25) is 0 Å². The van der Waals surface area contributed by atoms with Crippen LogP contribution in [0.2, 0.25) is 0 Å². The Hall–Kier alpha value is -1.37. The summed E-state index contributed by atoms with van der Waals surface area (Å²) in [5, 5.41) is 3.48. The second kappa shape index (κ2) is 8.73. The molecule has 1 aliphatic carbocycles. The van der Waals surface area contributed by atoms with Crippen molar-refractivity contribution in [1.82, 2.24) is 5.32 Å². The van der Waals surface area contributed by atoms with Gasteiger partial charge in [0.15, 0.2) is 5.78 Å². The van der Waals surface area contributed by atoms with E-state index >= 15 is 0 Å². The van der Waals surface area contributed by atoms with Crippen LogP contribution in [0.25, 0.3) is 0 Å². The number of rotatable bonds is 6. The summed E-state index contributed by atoms with van der Waals surface area (Å²) < 4.78 is 0. The summed E-state index contributed by atoms with van der Waals surface area (Å²) in [6.07, 6.45) is 7.45. The quantitative estimate of drug-likeness (QED) is 0.415. The standard InChI is InChI=1S/C17H32NO.Lr/c1-12(2)17(19)16(18-13(3)4)11-15-8-6-7-14(5)9-10-15;/h12-13,15-16,18H,6-11H2,1-5H3;/q-1;. The molecule has 1 aliphatic rings. The van der Waals surface area contributed by atoms with Gasteiger partial charge in [-0.1, -0.05) is 47.0 Å². The molecule has 0 aromatic carbocycles.